The first-order valence-corrected chi connectivity index (χ1v) is 9.45. The Morgan fingerprint density at radius 1 is 1.03 bits per heavy atom. The third-order valence-electron chi connectivity index (χ3n) is 3.96. The quantitative estimate of drug-likeness (QED) is 0.407. The summed E-state index contributed by atoms with van der Waals surface area (Å²) < 4.78 is 11.0. The van der Waals surface area contributed by atoms with Crippen LogP contribution >= 0.6 is 23.2 Å². The monoisotopic (exact) mass is 428 g/mol. The van der Waals surface area contributed by atoms with E-state index in [1.54, 1.807) is 55.6 Å². The van der Waals surface area contributed by atoms with E-state index >= 15 is 0 Å². The Hall–Kier alpha value is -3.02. The molecule has 0 unspecified atom stereocenters. The van der Waals surface area contributed by atoms with Gasteiger partial charge in [-0.25, -0.2) is 5.43 Å². The van der Waals surface area contributed by atoms with E-state index in [0.717, 1.165) is 5.56 Å². The molecule has 0 saturated carbocycles. The van der Waals surface area contributed by atoms with Crippen molar-refractivity contribution in [3.8, 4) is 11.5 Å². The van der Waals surface area contributed by atoms with Gasteiger partial charge in [0.25, 0.3) is 5.91 Å². The summed E-state index contributed by atoms with van der Waals surface area (Å²) >= 11 is 12.1. The van der Waals surface area contributed by atoms with E-state index in [0.29, 0.717) is 39.3 Å². The van der Waals surface area contributed by atoms with Crippen molar-refractivity contribution in [1.29, 1.82) is 0 Å². The summed E-state index contributed by atoms with van der Waals surface area (Å²) in [6, 6.07) is 19.4. The molecular weight excluding hydrogens is 411 g/mol. The zero-order valence-electron chi connectivity index (χ0n) is 15.6. The van der Waals surface area contributed by atoms with Gasteiger partial charge in [-0.3, -0.25) is 4.79 Å². The number of nitrogens with one attached hydrogen (secondary N) is 1. The molecule has 3 rings (SSSR count). The number of rotatable bonds is 7. The molecule has 5 nitrogen and oxygen atoms in total. The highest BCUT2D eigenvalue weighted by Crippen LogP contribution is 2.23. The standard InChI is InChI=1S/C22H18Cl2N2O3/c1-28-20-7-3-5-16(12-20)22(27)26-25-13-17-11-19(24)8-9-21(17)29-14-15-4-2-6-18(23)10-15/h2-13H,14H2,1H3,(H,26,27)/b25-13-. The molecule has 1 amide bonds. The van der Waals surface area contributed by atoms with Crippen molar-refractivity contribution in [3.05, 3.63) is 93.5 Å². The predicted molar refractivity (Wildman–Crippen MR) is 115 cm³/mol. The lowest BCUT2D eigenvalue weighted by molar-refractivity contribution is 0.0954. The number of hydrogen-bond donors (Lipinski definition) is 1. The van der Waals surface area contributed by atoms with Gasteiger partial charge in [0.05, 0.1) is 13.3 Å². The van der Waals surface area contributed by atoms with E-state index < -0.39 is 0 Å². The van der Waals surface area contributed by atoms with Crippen molar-refractivity contribution in [2.45, 2.75) is 6.61 Å². The van der Waals surface area contributed by atoms with Gasteiger partial charge in [-0.15, -0.1) is 0 Å². The molecule has 7 heteroatoms. The fraction of sp³-hybridized carbons (Fsp3) is 0.0909. The number of hydrazone groups is 1. The van der Waals surface area contributed by atoms with Crippen LogP contribution in [-0.4, -0.2) is 19.2 Å². The second kappa shape index (κ2) is 9.96. The van der Waals surface area contributed by atoms with Gasteiger partial charge in [0.2, 0.25) is 0 Å². The Bertz CT molecular complexity index is 1040. The number of carbonyl (C=O) groups excluding carboxylic acids is 1. The van der Waals surface area contributed by atoms with Crippen LogP contribution < -0.4 is 14.9 Å². The van der Waals surface area contributed by atoms with Crippen LogP contribution in [0.5, 0.6) is 11.5 Å². The number of amides is 1. The molecule has 0 atom stereocenters. The Morgan fingerprint density at radius 2 is 1.83 bits per heavy atom. The first-order chi connectivity index (χ1) is 14.0. The van der Waals surface area contributed by atoms with Gasteiger partial charge in [0, 0.05) is 21.2 Å². The molecule has 0 spiro atoms. The van der Waals surface area contributed by atoms with Gasteiger partial charge in [-0.2, -0.15) is 5.10 Å². The molecule has 0 heterocycles. The molecule has 148 valence electrons. The van der Waals surface area contributed by atoms with Gasteiger partial charge in [0.15, 0.2) is 0 Å². The molecule has 0 aliphatic heterocycles. The zero-order valence-corrected chi connectivity index (χ0v) is 17.1. The van der Waals surface area contributed by atoms with Crippen LogP contribution in [0.3, 0.4) is 0 Å². The lowest BCUT2D eigenvalue weighted by atomic mass is 10.2. The van der Waals surface area contributed by atoms with E-state index in [4.69, 9.17) is 32.7 Å². The van der Waals surface area contributed by atoms with Crippen molar-refractivity contribution in [2.24, 2.45) is 5.10 Å². The Labute approximate surface area is 178 Å². The van der Waals surface area contributed by atoms with E-state index in [-0.39, 0.29) is 5.91 Å². The topological polar surface area (TPSA) is 59.9 Å². The second-order valence-electron chi connectivity index (χ2n) is 6.03. The molecule has 0 aliphatic rings. The summed E-state index contributed by atoms with van der Waals surface area (Å²) in [5.41, 5.74) is 4.48. The lowest BCUT2D eigenvalue weighted by Gasteiger charge is -2.10. The molecule has 0 radical (unpaired) electrons. The fourth-order valence-corrected chi connectivity index (χ4v) is 2.92. The third-order valence-corrected chi connectivity index (χ3v) is 4.43. The number of ether oxygens (including phenoxy) is 2. The average Bonchev–Trinajstić information content (AvgIpc) is 2.73. The molecule has 0 aromatic heterocycles. The van der Waals surface area contributed by atoms with Gasteiger partial charge >= 0.3 is 0 Å². The van der Waals surface area contributed by atoms with Crippen molar-refractivity contribution in [1.82, 2.24) is 5.43 Å². The number of methoxy groups -OCH3 is 1. The van der Waals surface area contributed by atoms with Gasteiger partial charge in [0.1, 0.15) is 18.1 Å². The highest BCUT2D eigenvalue weighted by Gasteiger charge is 2.07. The summed E-state index contributed by atoms with van der Waals surface area (Å²) in [5, 5.41) is 5.19. The van der Waals surface area contributed by atoms with E-state index in [2.05, 4.69) is 10.5 Å². The summed E-state index contributed by atoms with van der Waals surface area (Å²) in [5.74, 6) is 0.811. The van der Waals surface area contributed by atoms with E-state index in [1.807, 2.05) is 18.2 Å². The van der Waals surface area contributed by atoms with Crippen LogP contribution in [0.25, 0.3) is 0 Å². The van der Waals surface area contributed by atoms with Crippen molar-refractivity contribution < 1.29 is 14.3 Å². The fourth-order valence-electron chi connectivity index (χ4n) is 2.53. The van der Waals surface area contributed by atoms with Crippen molar-refractivity contribution in [3.63, 3.8) is 0 Å². The largest absolute Gasteiger partial charge is 0.497 e. The molecule has 0 bridgehead atoms. The Morgan fingerprint density at radius 3 is 2.62 bits per heavy atom. The summed E-state index contributed by atoms with van der Waals surface area (Å²) in [4.78, 5) is 12.2. The van der Waals surface area contributed by atoms with Crippen molar-refractivity contribution >= 4 is 35.3 Å². The number of hydrogen-bond acceptors (Lipinski definition) is 4. The number of carbonyl (C=O) groups is 1. The minimum absolute atomic E-state index is 0.333. The molecular formula is C22H18Cl2N2O3. The van der Waals surface area contributed by atoms with Crippen LogP contribution in [0.1, 0.15) is 21.5 Å². The smallest absolute Gasteiger partial charge is 0.271 e. The predicted octanol–water partition coefficient (Wildman–Crippen LogP) is 5.34. The van der Waals surface area contributed by atoms with Crippen LogP contribution in [0, 0.1) is 0 Å². The van der Waals surface area contributed by atoms with Crippen LogP contribution in [-0.2, 0) is 6.61 Å². The highest BCUT2D eigenvalue weighted by molar-refractivity contribution is 6.31. The SMILES string of the molecule is COc1cccc(C(=O)N/N=C\c2cc(Cl)ccc2OCc2cccc(Cl)c2)c1. The second-order valence-corrected chi connectivity index (χ2v) is 6.90. The summed E-state index contributed by atoms with van der Waals surface area (Å²) in [7, 11) is 1.54. The molecule has 3 aromatic rings. The zero-order chi connectivity index (χ0) is 20.6. The third kappa shape index (κ3) is 5.98. The normalized spacial score (nSPS) is 10.7. The number of halogens is 2. The van der Waals surface area contributed by atoms with Gasteiger partial charge in [-0.1, -0.05) is 41.4 Å². The molecule has 0 saturated heterocycles. The van der Waals surface area contributed by atoms with Crippen molar-refractivity contribution in [2.75, 3.05) is 7.11 Å². The number of nitrogens with zero attached hydrogens (tertiary/aromatic N) is 1. The van der Waals surface area contributed by atoms with E-state index in [9.17, 15) is 4.79 Å². The molecule has 3 aromatic carbocycles. The number of benzene rings is 3. The lowest BCUT2D eigenvalue weighted by Crippen LogP contribution is -2.17. The minimum atomic E-state index is -0.358. The Kier molecular flexibility index (Phi) is 7.11. The van der Waals surface area contributed by atoms with Crippen LogP contribution in [0.4, 0.5) is 0 Å². The first kappa shape index (κ1) is 20.7. The summed E-state index contributed by atoms with van der Waals surface area (Å²) in [6.07, 6.45) is 1.48. The maximum Gasteiger partial charge on any atom is 0.271 e. The average molecular weight is 429 g/mol. The first-order valence-electron chi connectivity index (χ1n) is 8.69. The molecule has 0 aliphatic carbocycles. The molecule has 29 heavy (non-hydrogen) atoms. The Balaban J connectivity index is 1.69. The maximum atomic E-state index is 12.2. The maximum absolute atomic E-state index is 12.2. The van der Waals surface area contributed by atoms with Crippen LogP contribution in [0.15, 0.2) is 71.8 Å². The van der Waals surface area contributed by atoms with E-state index in [1.165, 1.54) is 6.21 Å². The highest BCUT2D eigenvalue weighted by atomic mass is 35.5. The summed E-state index contributed by atoms with van der Waals surface area (Å²) in [6.45, 7) is 0.333. The minimum Gasteiger partial charge on any atom is -0.497 e. The van der Waals surface area contributed by atoms with Gasteiger partial charge in [-0.05, 0) is 54.1 Å². The van der Waals surface area contributed by atoms with Crippen LogP contribution in [0.2, 0.25) is 10.0 Å². The molecule has 1 N–H and O–H groups in total. The van der Waals surface area contributed by atoms with Gasteiger partial charge < -0.3 is 9.47 Å². The molecule has 0 fully saturated rings.